The Morgan fingerprint density at radius 3 is 2.50 bits per heavy atom. The number of guanidine groups is 1. The summed E-state index contributed by atoms with van der Waals surface area (Å²) < 4.78 is 43.2. The van der Waals surface area contributed by atoms with Crippen LogP contribution in [0.4, 0.5) is 13.2 Å². The zero-order chi connectivity index (χ0) is 19.0. The van der Waals surface area contributed by atoms with E-state index in [1.807, 2.05) is 31.2 Å². The lowest BCUT2D eigenvalue weighted by Crippen LogP contribution is -2.36. The first-order valence-electron chi connectivity index (χ1n) is 8.04. The molecule has 0 fully saturated rings. The third-order valence-corrected chi connectivity index (χ3v) is 4.35. The van der Waals surface area contributed by atoms with Crippen molar-refractivity contribution >= 4 is 17.3 Å². The third kappa shape index (κ3) is 5.99. The molecule has 142 valence electrons. The van der Waals surface area contributed by atoms with Crippen molar-refractivity contribution in [3.63, 3.8) is 0 Å². The van der Waals surface area contributed by atoms with E-state index in [1.54, 1.807) is 7.05 Å². The smallest absolute Gasteiger partial charge is 0.377 e. The van der Waals surface area contributed by atoms with Gasteiger partial charge in [-0.15, -0.1) is 11.3 Å². The highest BCUT2D eigenvalue weighted by Crippen LogP contribution is 2.29. The van der Waals surface area contributed by atoms with Gasteiger partial charge in [0.05, 0.1) is 13.2 Å². The lowest BCUT2D eigenvalue weighted by Gasteiger charge is -2.13. The standard InChI is InChI=1S/C17H21F3N4OS/c1-3-25-10-13-7-5-4-6-12(13)8-22-16(21-2)23-9-15-24-14(11-26-15)17(18,19)20/h4-7,11H,3,8-10H2,1-2H3,(H2,21,22,23). The normalized spacial score (nSPS) is 12.3. The van der Waals surface area contributed by atoms with Gasteiger partial charge in [0, 0.05) is 25.6 Å². The Bertz CT molecular complexity index is 731. The van der Waals surface area contributed by atoms with Gasteiger partial charge >= 0.3 is 6.18 Å². The summed E-state index contributed by atoms with van der Waals surface area (Å²) in [5, 5.41) is 7.47. The van der Waals surface area contributed by atoms with Crippen LogP contribution in [0.15, 0.2) is 34.6 Å². The molecular formula is C17H21F3N4OS. The minimum atomic E-state index is -4.42. The molecule has 1 aromatic carbocycles. The van der Waals surface area contributed by atoms with Crippen molar-refractivity contribution in [2.75, 3.05) is 13.7 Å². The summed E-state index contributed by atoms with van der Waals surface area (Å²) in [6.45, 7) is 3.80. The second-order valence-corrected chi connectivity index (χ2v) is 6.25. The number of thiazole rings is 1. The summed E-state index contributed by atoms with van der Waals surface area (Å²) in [4.78, 5) is 7.67. The number of nitrogens with one attached hydrogen (secondary N) is 2. The fourth-order valence-electron chi connectivity index (χ4n) is 2.16. The number of benzene rings is 1. The predicted octanol–water partition coefficient (Wildman–Crippen LogP) is 3.56. The van der Waals surface area contributed by atoms with Crippen LogP contribution < -0.4 is 10.6 Å². The van der Waals surface area contributed by atoms with E-state index in [-0.39, 0.29) is 6.54 Å². The summed E-state index contributed by atoms with van der Waals surface area (Å²) in [7, 11) is 1.60. The van der Waals surface area contributed by atoms with E-state index in [2.05, 4.69) is 20.6 Å². The van der Waals surface area contributed by atoms with Gasteiger partial charge in [0.15, 0.2) is 11.7 Å². The van der Waals surface area contributed by atoms with Crippen LogP contribution in [0.3, 0.4) is 0 Å². The molecule has 2 aromatic rings. The van der Waals surface area contributed by atoms with E-state index in [0.717, 1.165) is 27.8 Å². The predicted molar refractivity (Wildman–Crippen MR) is 95.9 cm³/mol. The number of aromatic nitrogens is 1. The summed E-state index contributed by atoms with van der Waals surface area (Å²) in [5.41, 5.74) is 1.27. The summed E-state index contributed by atoms with van der Waals surface area (Å²) in [6, 6.07) is 7.88. The van der Waals surface area contributed by atoms with Crippen molar-refractivity contribution in [2.45, 2.75) is 32.8 Å². The van der Waals surface area contributed by atoms with Gasteiger partial charge in [0.2, 0.25) is 0 Å². The Morgan fingerprint density at radius 1 is 1.19 bits per heavy atom. The van der Waals surface area contributed by atoms with Gasteiger partial charge in [-0.25, -0.2) is 4.98 Å². The van der Waals surface area contributed by atoms with Crippen molar-refractivity contribution in [3.8, 4) is 0 Å². The average molecular weight is 386 g/mol. The zero-order valence-electron chi connectivity index (χ0n) is 14.6. The van der Waals surface area contributed by atoms with Crippen molar-refractivity contribution in [1.82, 2.24) is 15.6 Å². The van der Waals surface area contributed by atoms with Crippen LogP contribution in [-0.4, -0.2) is 24.6 Å². The minimum Gasteiger partial charge on any atom is -0.377 e. The first-order valence-corrected chi connectivity index (χ1v) is 8.92. The van der Waals surface area contributed by atoms with Gasteiger partial charge in [-0.1, -0.05) is 24.3 Å². The van der Waals surface area contributed by atoms with Gasteiger partial charge in [-0.2, -0.15) is 13.2 Å². The molecule has 0 saturated carbocycles. The number of ether oxygens (including phenoxy) is 1. The molecule has 0 atom stereocenters. The van der Waals surface area contributed by atoms with Gasteiger partial charge in [-0.05, 0) is 18.1 Å². The molecule has 0 bridgehead atoms. The molecule has 0 saturated heterocycles. The molecule has 26 heavy (non-hydrogen) atoms. The van der Waals surface area contributed by atoms with E-state index in [9.17, 15) is 13.2 Å². The molecule has 1 aromatic heterocycles. The number of nitrogens with zero attached hydrogens (tertiary/aromatic N) is 2. The first-order chi connectivity index (χ1) is 12.4. The van der Waals surface area contributed by atoms with Crippen molar-refractivity contribution in [1.29, 1.82) is 0 Å². The van der Waals surface area contributed by atoms with Gasteiger partial charge in [0.25, 0.3) is 0 Å². The van der Waals surface area contributed by atoms with Crippen molar-refractivity contribution in [3.05, 3.63) is 51.5 Å². The maximum absolute atomic E-state index is 12.6. The quantitative estimate of drug-likeness (QED) is 0.564. The molecule has 0 aliphatic carbocycles. The Balaban J connectivity index is 1.89. The maximum Gasteiger partial charge on any atom is 0.434 e. The van der Waals surface area contributed by atoms with E-state index in [4.69, 9.17) is 4.74 Å². The third-order valence-electron chi connectivity index (χ3n) is 3.50. The Kier molecular flexibility index (Phi) is 7.40. The van der Waals surface area contributed by atoms with Crippen molar-refractivity contribution < 1.29 is 17.9 Å². The molecule has 0 amide bonds. The van der Waals surface area contributed by atoms with Crippen LogP contribution in [0, 0.1) is 0 Å². The molecule has 9 heteroatoms. The summed E-state index contributed by atoms with van der Waals surface area (Å²) in [5.74, 6) is 0.486. The average Bonchev–Trinajstić information content (AvgIpc) is 3.10. The molecule has 2 N–H and O–H groups in total. The van der Waals surface area contributed by atoms with Gasteiger partial charge < -0.3 is 15.4 Å². The lowest BCUT2D eigenvalue weighted by molar-refractivity contribution is -0.140. The topological polar surface area (TPSA) is 58.5 Å². The molecule has 0 radical (unpaired) electrons. The number of halogens is 3. The highest BCUT2D eigenvalue weighted by molar-refractivity contribution is 7.09. The first kappa shape index (κ1) is 20.2. The van der Waals surface area contributed by atoms with Crippen LogP contribution in [-0.2, 0) is 30.6 Å². The molecule has 5 nitrogen and oxygen atoms in total. The molecule has 0 unspecified atom stereocenters. The molecule has 0 aliphatic rings. The largest absolute Gasteiger partial charge is 0.434 e. The minimum absolute atomic E-state index is 0.168. The van der Waals surface area contributed by atoms with Crippen LogP contribution in [0.2, 0.25) is 0 Å². The SMILES string of the molecule is CCOCc1ccccc1CNC(=NC)NCc1nc(C(F)(F)F)cs1. The highest BCUT2D eigenvalue weighted by atomic mass is 32.1. The van der Waals surface area contributed by atoms with Gasteiger partial charge in [0.1, 0.15) is 5.01 Å². The van der Waals surface area contributed by atoms with E-state index >= 15 is 0 Å². The van der Waals surface area contributed by atoms with Crippen LogP contribution in [0.1, 0.15) is 28.8 Å². The molecule has 1 heterocycles. The van der Waals surface area contributed by atoms with E-state index in [1.165, 1.54) is 0 Å². The van der Waals surface area contributed by atoms with E-state index < -0.39 is 11.9 Å². The fourth-order valence-corrected chi connectivity index (χ4v) is 2.90. The summed E-state index contributed by atoms with van der Waals surface area (Å²) >= 11 is 0.962. The van der Waals surface area contributed by atoms with Crippen LogP contribution >= 0.6 is 11.3 Å². The number of aliphatic imine (C=N–C) groups is 1. The zero-order valence-corrected chi connectivity index (χ0v) is 15.4. The number of hydrogen-bond acceptors (Lipinski definition) is 4. The molecule has 0 aliphatic heterocycles. The monoisotopic (exact) mass is 386 g/mol. The maximum atomic E-state index is 12.6. The highest BCUT2D eigenvalue weighted by Gasteiger charge is 2.33. The van der Waals surface area contributed by atoms with Crippen LogP contribution in [0.5, 0.6) is 0 Å². The van der Waals surface area contributed by atoms with Crippen LogP contribution in [0.25, 0.3) is 0 Å². The summed E-state index contributed by atoms with van der Waals surface area (Å²) in [6.07, 6.45) is -4.42. The molecule has 0 spiro atoms. The Labute approximate surface area is 154 Å². The second-order valence-electron chi connectivity index (χ2n) is 5.31. The van der Waals surface area contributed by atoms with E-state index in [0.29, 0.717) is 30.7 Å². The number of alkyl halides is 3. The number of hydrogen-bond donors (Lipinski definition) is 2. The Hall–Kier alpha value is -2.13. The fraction of sp³-hybridized carbons (Fsp3) is 0.412. The Morgan fingerprint density at radius 2 is 1.88 bits per heavy atom. The number of rotatable bonds is 7. The van der Waals surface area contributed by atoms with Gasteiger partial charge in [-0.3, -0.25) is 4.99 Å². The molecule has 2 rings (SSSR count). The second kappa shape index (κ2) is 9.54. The van der Waals surface area contributed by atoms with Crippen molar-refractivity contribution in [2.24, 2.45) is 4.99 Å². The lowest BCUT2D eigenvalue weighted by atomic mass is 10.1. The molecular weight excluding hydrogens is 365 g/mol.